The van der Waals surface area contributed by atoms with Crippen LogP contribution in [-0.2, 0) is 6.61 Å². The number of hydrogen-bond donors (Lipinski definition) is 0. The number of carbonyl (C=O) groups is 1. The molecule has 0 heterocycles. The van der Waals surface area contributed by atoms with Gasteiger partial charge in [-0.2, -0.15) is 0 Å². The summed E-state index contributed by atoms with van der Waals surface area (Å²) in [6, 6.07) is 17.5. The van der Waals surface area contributed by atoms with Gasteiger partial charge in [0.25, 0.3) is 0 Å². The van der Waals surface area contributed by atoms with Crippen molar-refractivity contribution in [2.24, 2.45) is 5.41 Å². The smallest absolute Gasteiger partial charge is 0.168 e. The Labute approximate surface area is 126 Å². The Kier molecular flexibility index (Phi) is 4.79. The predicted molar refractivity (Wildman–Crippen MR) is 85.6 cm³/mol. The highest BCUT2D eigenvalue weighted by Crippen LogP contribution is 2.26. The monoisotopic (exact) mass is 282 g/mol. The molecule has 0 atom stereocenters. The number of hydrogen-bond acceptors (Lipinski definition) is 2. The van der Waals surface area contributed by atoms with E-state index in [-0.39, 0.29) is 11.2 Å². The highest BCUT2D eigenvalue weighted by atomic mass is 16.5. The van der Waals surface area contributed by atoms with Crippen LogP contribution in [0.15, 0.2) is 54.6 Å². The first-order valence-electron chi connectivity index (χ1n) is 7.34. The van der Waals surface area contributed by atoms with Crippen LogP contribution in [0.5, 0.6) is 5.75 Å². The summed E-state index contributed by atoms with van der Waals surface area (Å²) >= 11 is 0. The van der Waals surface area contributed by atoms with E-state index in [0.29, 0.717) is 6.61 Å². The lowest BCUT2D eigenvalue weighted by Crippen LogP contribution is -2.23. The SMILES string of the molecule is CCC(C)(C)C(=O)c1ccc(OCc2ccccc2)cc1. The van der Waals surface area contributed by atoms with Crippen LogP contribution in [0.2, 0.25) is 0 Å². The molecule has 0 fully saturated rings. The van der Waals surface area contributed by atoms with Gasteiger partial charge in [-0.15, -0.1) is 0 Å². The molecule has 2 aromatic rings. The number of carbonyl (C=O) groups excluding carboxylic acids is 1. The molecular formula is C19H22O2. The Balaban J connectivity index is 2.01. The van der Waals surface area contributed by atoms with E-state index in [9.17, 15) is 4.79 Å². The van der Waals surface area contributed by atoms with Crippen molar-refractivity contribution in [1.29, 1.82) is 0 Å². The molecule has 0 unspecified atom stereocenters. The van der Waals surface area contributed by atoms with Crippen LogP contribution in [0.25, 0.3) is 0 Å². The van der Waals surface area contributed by atoms with Crippen LogP contribution in [0.1, 0.15) is 43.1 Å². The molecule has 0 aliphatic rings. The Hall–Kier alpha value is -2.09. The average Bonchev–Trinajstić information content (AvgIpc) is 2.53. The van der Waals surface area contributed by atoms with Gasteiger partial charge in [0.2, 0.25) is 0 Å². The maximum absolute atomic E-state index is 12.3. The zero-order chi connectivity index (χ0) is 15.3. The summed E-state index contributed by atoms with van der Waals surface area (Å²) in [6.45, 7) is 6.54. The molecular weight excluding hydrogens is 260 g/mol. The molecule has 21 heavy (non-hydrogen) atoms. The zero-order valence-corrected chi connectivity index (χ0v) is 12.9. The fourth-order valence-corrected chi connectivity index (χ4v) is 1.99. The van der Waals surface area contributed by atoms with E-state index in [4.69, 9.17) is 4.74 Å². The Bertz CT molecular complexity index is 583. The molecule has 0 saturated carbocycles. The van der Waals surface area contributed by atoms with Crippen molar-refractivity contribution in [3.05, 3.63) is 65.7 Å². The molecule has 110 valence electrons. The molecule has 0 N–H and O–H groups in total. The van der Waals surface area contributed by atoms with Crippen LogP contribution in [0.3, 0.4) is 0 Å². The highest BCUT2D eigenvalue weighted by molar-refractivity contribution is 6.00. The molecule has 2 nitrogen and oxygen atoms in total. The third-order valence-electron chi connectivity index (χ3n) is 3.86. The number of Topliss-reactive ketones (excluding diaryl/α,β-unsaturated/α-hetero) is 1. The lowest BCUT2D eigenvalue weighted by Gasteiger charge is -2.20. The normalized spacial score (nSPS) is 11.2. The van der Waals surface area contributed by atoms with E-state index < -0.39 is 0 Å². The van der Waals surface area contributed by atoms with Crippen molar-refractivity contribution in [2.75, 3.05) is 0 Å². The summed E-state index contributed by atoms with van der Waals surface area (Å²) in [7, 11) is 0. The van der Waals surface area contributed by atoms with Crippen LogP contribution in [0.4, 0.5) is 0 Å². The molecule has 0 aromatic heterocycles. The minimum Gasteiger partial charge on any atom is -0.489 e. The standard InChI is InChI=1S/C19H22O2/c1-4-19(2,3)18(20)16-10-12-17(13-11-16)21-14-15-8-6-5-7-9-15/h5-13H,4,14H2,1-3H3. The molecule has 2 rings (SSSR count). The molecule has 0 radical (unpaired) electrons. The molecule has 2 heteroatoms. The second-order valence-corrected chi connectivity index (χ2v) is 5.87. The van der Waals surface area contributed by atoms with Crippen molar-refractivity contribution in [3.8, 4) is 5.75 Å². The third-order valence-corrected chi connectivity index (χ3v) is 3.86. The van der Waals surface area contributed by atoms with Gasteiger partial charge < -0.3 is 4.74 Å². The second-order valence-electron chi connectivity index (χ2n) is 5.87. The fraction of sp³-hybridized carbons (Fsp3) is 0.316. The maximum Gasteiger partial charge on any atom is 0.168 e. The van der Waals surface area contributed by atoms with E-state index >= 15 is 0 Å². The van der Waals surface area contributed by atoms with Gasteiger partial charge in [0.15, 0.2) is 5.78 Å². The van der Waals surface area contributed by atoms with E-state index in [1.54, 1.807) is 0 Å². The summed E-state index contributed by atoms with van der Waals surface area (Å²) in [5, 5.41) is 0. The molecule has 0 spiro atoms. The summed E-state index contributed by atoms with van der Waals surface area (Å²) in [6.07, 6.45) is 0.831. The van der Waals surface area contributed by atoms with Crippen molar-refractivity contribution in [3.63, 3.8) is 0 Å². The largest absolute Gasteiger partial charge is 0.489 e. The first kappa shape index (κ1) is 15.3. The van der Waals surface area contributed by atoms with E-state index in [2.05, 4.69) is 0 Å². The third kappa shape index (κ3) is 3.94. The fourth-order valence-electron chi connectivity index (χ4n) is 1.99. The van der Waals surface area contributed by atoms with Crippen LogP contribution in [-0.4, -0.2) is 5.78 Å². The molecule has 0 saturated heterocycles. The highest BCUT2D eigenvalue weighted by Gasteiger charge is 2.26. The minimum absolute atomic E-state index is 0.180. The lowest BCUT2D eigenvalue weighted by atomic mass is 9.82. The van der Waals surface area contributed by atoms with Crippen LogP contribution >= 0.6 is 0 Å². The minimum atomic E-state index is -0.313. The van der Waals surface area contributed by atoms with E-state index in [1.165, 1.54) is 0 Å². The Morgan fingerprint density at radius 3 is 2.19 bits per heavy atom. The van der Waals surface area contributed by atoms with Gasteiger partial charge in [0, 0.05) is 11.0 Å². The quantitative estimate of drug-likeness (QED) is 0.705. The molecule has 0 aliphatic carbocycles. The zero-order valence-electron chi connectivity index (χ0n) is 12.9. The van der Waals surface area contributed by atoms with Crippen LogP contribution in [0, 0.1) is 5.41 Å². The van der Waals surface area contributed by atoms with Crippen molar-refractivity contribution >= 4 is 5.78 Å². The summed E-state index contributed by atoms with van der Waals surface area (Å²) < 4.78 is 5.73. The van der Waals surface area contributed by atoms with Gasteiger partial charge in [0.1, 0.15) is 12.4 Å². The van der Waals surface area contributed by atoms with Crippen LogP contribution < -0.4 is 4.74 Å². The summed E-state index contributed by atoms with van der Waals surface area (Å²) in [4.78, 5) is 12.3. The second kappa shape index (κ2) is 6.57. The van der Waals surface area contributed by atoms with Gasteiger partial charge in [0.05, 0.1) is 0 Å². The number of rotatable bonds is 6. The molecule has 0 aliphatic heterocycles. The van der Waals surface area contributed by atoms with Gasteiger partial charge in [-0.3, -0.25) is 4.79 Å². The van der Waals surface area contributed by atoms with Crippen molar-refractivity contribution in [2.45, 2.75) is 33.8 Å². The number of ether oxygens (including phenoxy) is 1. The maximum atomic E-state index is 12.3. The first-order valence-corrected chi connectivity index (χ1v) is 7.34. The number of ketones is 1. The van der Waals surface area contributed by atoms with E-state index in [1.807, 2.05) is 75.4 Å². The predicted octanol–water partition coefficient (Wildman–Crippen LogP) is 4.88. The number of benzene rings is 2. The van der Waals surface area contributed by atoms with Gasteiger partial charge in [-0.05, 0) is 36.2 Å². The average molecular weight is 282 g/mol. The summed E-state index contributed by atoms with van der Waals surface area (Å²) in [5.74, 6) is 0.962. The molecule has 2 aromatic carbocycles. The van der Waals surface area contributed by atoms with Gasteiger partial charge in [-0.25, -0.2) is 0 Å². The lowest BCUT2D eigenvalue weighted by molar-refractivity contribution is 0.0833. The first-order chi connectivity index (χ1) is 10.0. The van der Waals surface area contributed by atoms with E-state index in [0.717, 1.165) is 23.3 Å². The molecule has 0 amide bonds. The Morgan fingerprint density at radius 2 is 1.62 bits per heavy atom. The Morgan fingerprint density at radius 1 is 1.00 bits per heavy atom. The molecule has 0 bridgehead atoms. The van der Waals surface area contributed by atoms with Crippen molar-refractivity contribution < 1.29 is 9.53 Å². The summed E-state index contributed by atoms with van der Waals surface area (Å²) in [5.41, 5.74) is 1.56. The van der Waals surface area contributed by atoms with Gasteiger partial charge >= 0.3 is 0 Å². The van der Waals surface area contributed by atoms with Gasteiger partial charge in [-0.1, -0.05) is 51.1 Å². The topological polar surface area (TPSA) is 26.3 Å². The van der Waals surface area contributed by atoms with Crippen molar-refractivity contribution in [1.82, 2.24) is 0 Å².